The Kier molecular flexibility index (Phi) is 2.67. The third kappa shape index (κ3) is 1.54. The van der Waals surface area contributed by atoms with Crippen LogP contribution in [0.3, 0.4) is 0 Å². The van der Waals surface area contributed by atoms with Crippen LogP contribution in [0.1, 0.15) is 38.5 Å². The number of carboxylic acid groups (broad SMARTS) is 2. The standard InChI is InChI=1S/C16H22O4/c17-12(18)4-3-9-10-6-11(15(9)16(19)20)14-8-2-1-7(5-8)13(10)14/h7-11,13-15H,1-6H2,(H,17,18)(H,19,20). The van der Waals surface area contributed by atoms with E-state index in [1.54, 1.807) is 0 Å². The Balaban J connectivity index is 1.60. The SMILES string of the molecule is O=C(O)CCC1C2CC(C1C(=O)O)C1C3CCC(C3)C21. The van der Waals surface area contributed by atoms with Crippen molar-refractivity contribution >= 4 is 11.9 Å². The summed E-state index contributed by atoms with van der Waals surface area (Å²) in [4.78, 5) is 22.5. The van der Waals surface area contributed by atoms with E-state index in [-0.39, 0.29) is 18.3 Å². The van der Waals surface area contributed by atoms with Gasteiger partial charge in [0.1, 0.15) is 0 Å². The molecule has 2 N–H and O–H groups in total. The third-order valence-electron chi connectivity index (χ3n) is 7.03. The van der Waals surface area contributed by atoms with Crippen molar-refractivity contribution in [2.24, 2.45) is 47.3 Å². The van der Waals surface area contributed by atoms with Gasteiger partial charge < -0.3 is 10.2 Å². The van der Waals surface area contributed by atoms with Gasteiger partial charge in [-0.3, -0.25) is 9.59 Å². The summed E-state index contributed by atoms with van der Waals surface area (Å²) < 4.78 is 0. The molecule has 0 aliphatic heterocycles. The van der Waals surface area contributed by atoms with E-state index in [1.807, 2.05) is 0 Å². The molecule has 4 fully saturated rings. The highest BCUT2D eigenvalue weighted by atomic mass is 16.4. The van der Waals surface area contributed by atoms with Gasteiger partial charge in [0, 0.05) is 6.42 Å². The molecule has 0 saturated heterocycles. The number of hydrogen-bond donors (Lipinski definition) is 2. The van der Waals surface area contributed by atoms with Crippen molar-refractivity contribution in [3.8, 4) is 0 Å². The molecule has 8 atom stereocenters. The van der Waals surface area contributed by atoms with E-state index in [2.05, 4.69) is 0 Å². The maximum absolute atomic E-state index is 11.7. The van der Waals surface area contributed by atoms with E-state index >= 15 is 0 Å². The molecule has 4 aliphatic rings. The highest BCUT2D eigenvalue weighted by molar-refractivity contribution is 5.72. The second kappa shape index (κ2) is 4.22. The van der Waals surface area contributed by atoms with Gasteiger partial charge in [0.15, 0.2) is 0 Å². The molecule has 4 bridgehead atoms. The lowest BCUT2D eigenvalue weighted by atomic mass is 9.62. The van der Waals surface area contributed by atoms with Gasteiger partial charge in [0.2, 0.25) is 0 Å². The van der Waals surface area contributed by atoms with E-state index in [9.17, 15) is 14.7 Å². The molecule has 0 heterocycles. The minimum absolute atomic E-state index is 0.120. The maximum Gasteiger partial charge on any atom is 0.307 e. The monoisotopic (exact) mass is 278 g/mol. The van der Waals surface area contributed by atoms with Gasteiger partial charge >= 0.3 is 11.9 Å². The molecular weight excluding hydrogens is 256 g/mol. The average Bonchev–Trinajstić information content (AvgIpc) is 3.11. The summed E-state index contributed by atoms with van der Waals surface area (Å²) in [5.41, 5.74) is 0. The Morgan fingerprint density at radius 3 is 2.20 bits per heavy atom. The van der Waals surface area contributed by atoms with Crippen LogP contribution in [0.25, 0.3) is 0 Å². The maximum atomic E-state index is 11.7. The summed E-state index contributed by atoms with van der Waals surface area (Å²) in [7, 11) is 0. The summed E-state index contributed by atoms with van der Waals surface area (Å²) in [5.74, 6) is 2.22. The molecule has 8 unspecified atom stereocenters. The van der Waals surface area contributed by atoms with E-state index in [4.69, 9.17) is 5.11 Å². The smallest absolute Gasteiger partial charge is 0.307 e. The van der Waals surface area contributed by atoms with Gasteiger partial charge in [-0.25, -0.2) is 0 Å². The van der Waals surface area contributed by atoms with E-state index in [0.29, 0.717) is 24.2 Å². The Morgan fingerprint density at radius 2 is 1.60 bits per heavy atom. The number of carbonyl (C=O) groups is 2. The Hall–Kier alpha value is -1.06. The van der Waals surface area contributed by atoms with Crippen LogP contribution in [0.5, 0.6) is 0 Å². The van der Waals surface area contributed by atoms with Crippen molar-refractivity contribution in [2.45, 2.75) is 38.5 Å². The molecular formula is C16H22O4. The summed E-state index contributed by atoms with van der Waals surface area (Å²) in [6.45, 7) is 0. The van der Waals surface area contributed by atoms with Crippen molar-refractivity contribution in [1.29, 1.82) is 0 Å². The summed E-state index contributed by atoms with van der Waals surface area (Å²) in [5, 5.41) is 18.5. The van der Waals surface area contributed by atoms with Gasteiger partial charge in [-0.05, 0) is 73.5 Å². The van der Waals surface area contributed by atoms with E-state index in [1.165, 1.54) is 19.3 Å². The fourth-order valence-corrected chi connectivity index (χ4v) is 6.76. The quantitative estimate of drug-likeness (QED) is 0.775. The molecule has 4 nitrogen and oxygen atoms in total. The predicted molar refractivity (Wildman–Crippen MR) is 70.9 cm³/mol. The third-order valence-corrected chi connectivity index (χ3v) is 7.03. The first kappa shape index (κ1) is 12.7. The largest absolute Gasteiger partial charge is 0.481 e. The lowest BCUT2D eigenvalue weighted by Gasteiger charge is -2.41. The number of aliphatic carboxylic acids is 2. The molecule has 4 aliphatic carbocycles. The average molecular weight is 278 g/mol. The molecule has 0 spiro atoms. The number of fused-ring (bicyclic) bond motifs is 9. The molecule has 4 heteroatoms. The van der Waals surface area contributed by atoms with Crippen LogP contribution in [0, 0.1) is 47.3 Å². The van der Waals surface area contributed by atoms with Gasteiger partial charge in [-0.2, -0.15) is 0 Å². The zero-order valence-corrected chi connectivity index (χ0v) is 11.6. The van der Waals surface area contributed by atoms with Crippen molar-refractivity contribution in [1.82, 2.24) is 0 Å². The highest BCUT2D eigenvalue weighted by Crippen LogP contribution is 2.70. The van der Waals surface area contributed by atoms with Crippen molar-refractivity contribution in [2.75, 3.05) is 0 Å². The zero-order valence-electron chi connectivity index (χ0n) is 11.6. The van der Waals surface area contributed by atoms with Crippen LogP contribution in [0.4, 0.5) is 0 Å². The summed E-state index contributed by atoms with van der Waals surface area (Å²) in [6, 6.07) is 0. The second-order valence-electron chi connectivity index (χ2n) is 7.51. The minimum atomic E-state index is -0.790. The Labute approximate surface area is 118 Å². The molecule has 110 valence electrons. The fourth-order valence-electron chi connectivity index (χ4n) is 6.76. The Bertz CT molecular complexity index is 459. The zero-order chi connectivity index (χ0) is 14.0. The lowest BCUT2D eigenvalue weighted by Crippen LogP contribution is -2.41. The van der Waals surface area contributed by atoms with Crippen molar-refractivity contribution < 1.29 is 19.8 Å². The first-order valence-electron chi connectivity index (χ1n) is 8.02. The summed E-state index contributed by atoms with van der Waals surface area (Å²) in [6.07, 6.45) is 5.71. The summed E-state index contributed by atoms with van der Waals surface area (Å²) >= 11 is 0. The van der Waals surface area contributed by atoms with Crippen molar-refractivity contribution in [3.63, 3.8) is 0 Å². The van der Waals surface area contributed by atoms with Gasteiger partial charge in [-0.1, -0.05) is 0 Å². The normalized spacial score (nSPS) is 51.4. The molecule has 0 amide bonds. The topological polar surface area (TPSA) is 74.6 Å². The van der Waals surface area contributed by atoms with E-state index in [0.717, 1.165) is 24.2 Å². The first-order valence-corrected chi connectivity index (χ1v) is 8.02. The second-order valence-corrected chi connectivity index (χ2v) is 7.51. The van der Waals surface area contributed by atoms with Gasteiger partial charge in [-0.15, -0.1) is 0 Å². The van der Waals surface area contributed by atoms with E-state index < -0.39 is 11.9 Å². The molecule has 4 rings (SSSR count). The molecule has 0 aromatic carbocycles. The number of hydrogen-bond acceptors (Lipinski definition) is 2. The number of rotatable bonds is 4. The van der Waals surface area contributed by atoms with Crippen LogP contribution in [-0.2, 0) is 9.59 Å². The highest BCUT2D eigenvalue weighted by Gasteiger charge is 2.66. The predicted octanol–water partition coefficient (Wildman–Crippen LogP) is 2.48. The van der Waals surface area contributed by atoms with Crippen molar-refractivity contribution in [3.05, 3.63) is 0 Å². The first-order chi connectivity index (χ1) is 9.58. The molecule has 0 aromatic rings. The van der Waals surface area contributed by atoms with Crippen LogP contribution in [0.15, 0.2) is 0 Å². The van der Waals surface area contributed by atoms with Gasteiger partial charge in [0.05, 0.1) is 5.92 Å². The minimum Gasteiger partial charge on any atom is -0.481 e. The molecule has 0 radical (unpaired) electrons. The molecule has 0 aromatic heterocycles. The van der Waals surface area contributed by atoms with Crippen LogP contribution in [-0.4, -0.2) is 22.2 Å². The fraction of sp³-hybridized carbons (Fsp3) is 0.875. The molecule has 4 saturated carbocycles. The van der Waals surface area contributed by atoms with Gasteiger partial charge in [0.25, 0.3) is 0 Å². The lowest BCUT2D eigenvalue weighted by molar-refractivity contribution is -0.149. The molecule has 20 heavy (non-hydrogen) atoms. The Morgan fingerprint density at radius 1 is 0.950 bits per heavy atom. The number of carboxylic acids is 2. The van der Waals surface area contributed by atoms with Crippen LogP contribution >= 0.6 is 0 Å². The van der Waals surface area contributed by atoms with Crippen LogP contribution < -0.4 is 0 Å². The van der Waals surface area contributed by atoms with Crippen LogP contribution in [0.2, 0.25) is 0 Å².